The molecule has 0 atom stereocenters. The fourth-order valence-electron chi connectivity index (χ4n) is 5.05. The Labute approximate surface area is 191 Å². The van der Waals surface area contributed by atoms with Crippen molar-refractivity contribution in [2.24, 2.45) is 5.41 Å². The molecule has 0 bridgehead atoms. The molecule has 3 aromatic carbocycles. The third-order valence-electron chi connectivity index (χ3n) is 7.07. The number of benzene rings is 3. The van der Waals surface area contributed by atoms with Crippen molar-refractivity contribution in [2.45, 2.75) is 59.0 Å². The van der Waals surface area contributed by atoms with E-state index in [2.05, 4.69) is 84.6 Å². The smallest absolute Gasteiger partial charge is 0.0931 e. The molecule has 1 aliphatic carbocycles. The summed E-state index contributed by atoms with van der Waals surface area (Å²) >= 11 is 0. The van der Waals surface area contributed by atoms with Crippen LogP contribution < -0.4 is 5.32 Å². The van der Waals surface area contributed by atoms with Gasteiger partial charge >= 0.3 is 0 Å². The van der Waals surface area contributed by atoms with Gasteiger partial charge in [-0.1, -0.05) is 56.3 Å². The minimum Gasteiger partial charge on any atom is -0.345 e. The van der Waals surface area contributed by atoms with E-state index in [1.54, 1.807) is 6.33 Å². The van der Waals surface area contributed by atoms with Crippen molar-refractivity contribution in [3.63, 3.8) is 0 Å². The molecule has 1 saturated carbocycles. The maximum absolute atomic E-state index is 4.53. The van der Waals surface area contributed by atoms with Gasteiger partial charge in [-0.2, -0.15) is 0 Å². The van der Waals surface area contributed by atoms with Crippen LogP contribution in [-0.2, 0) is 6.54 Å². The van der Waals surface area contributed by atoms with E-state index in [0.29, 0.717) is 11.5 Å². The quantitative estimate of drug-likeness (QED) is 0.358. The van der Waals surface area contributed by atoms with Gasteiger partial charge in [0.15, 0.2) is 0 Å². The van der Waals surface area contributed by atoms with Gasteiger partial charge in [0.05, 0.1) is 17.4 Å². The number of aromatic nitrogens is 2. The Morgan fingerprint density at radius 3 is 2.45 bits per heavy atom. The number of fused-ring (bicyclic) bond motifs is 2. The number of nitrogens with zero attached hydrogens (tertiary/aromatic N) is 1. The molecule has 4 aromatic rings. The maximum atomic E-state index is 4.53. The van der Waals surface area contributed by atoms with Gasteiger partial charge in [-0.05, 0) is 77.1 Å². The van der Waals surface area contributed by atoms with Crippen LogP contribution in [0.2, 0.25) is 0 Å². The highest BCUT2D eigenvalue weighted by atomic mass is 35.5. The summed E-state index contributed by atoms with van der Waals surface area (Å²) in [5.41, 5.74) is 7.84. The monoisotopic (exact) mass is 433 g/mol. The molecule has 2 N–H and O–H groups in total. The molecule has 1 heterocycles. The first kappa shape index (κ1) is 21.9. The molecular weight excluding hydrogens is 402 g/mol. The third-order valence-corrected chi connectivity index (χ3v) is 7.07. The predicted molar refractivity (Wildman–Crippen MR) is 134 cm³/mol. The zero-order chi connectivity index (χ0) is 20.7. The average Bonchev–Trinajstić information content (AvgIpc) is 3.23. The van der Waals surface area contributed by atoms with Crippen LogP contribution in [0.15, 0.2) is 54.9 Å². The highest BCUT2D eigenvalue weighted by Gasteiger charge is 2.26. The maximum Gasteiger partial charge on any atom is 0.0931 e. The zero-order valence-corrected chi connectivity index (χ0v) is 19.5. The van der Waals surface area contributed by atoms with Gasteiger partial charge in [-0.15, -0.1) is 12.4 Å². The van der Waals surface area contributed by atoms with E-state index in [-0.39, 0.29) is 12.4 Å². The van der Waals surface area contributed by atoms with E-state index in [1.807, 2.05) is 0 Å². The molecule has 0 saturated heterocycles. The zero-order valence-electron chi connectivity index (χ0n) is 18.7. The first-order valence-electron chi connectivity index (χ1n) is 11.2. The minimum absolute atomic E-state index is 0. The number of nitrogens with one attached hydrogen (secondary N) is 2. The Morgan fingerprint density at radius 2 is 1.68 bits per heavy atom. The van der Waals surface area contributed by atoms with Gasteiger partial charge in [0.2, 0.25) is 0 Å². The van der Waals surface area contributed by atoms with Crippen LogP contribution in [0.3, 0.4) is 0 Å². The van der Waals surface area contributed by atoms with Crippen molar-refractivity contribution in [1.29, 1.82) is 0 Å². The van der Waals surface area contributed by atoms with E-state index in [0.717, 1.165) is 17.6 Å². The van der Waals surface area contributed by atoms with Gasteiger partial charge < -0.3 is 10.3 Å². The minimum atomic E-state index is 0. The Hall–Kier alpha value is -2.36. The Kier molecular flexibility index (Phi) is 6.09. The van der Waals surface area contributed by atoms with E-state index < -0.39 is 0 Å². The van der Waals surface area contributed by atoms with Crippen LogP contribution in [0.25, 0.3) is 32.9 Å². The lowest BCUT2D eigenvalue weighted by atomic mass is 9.75. The average molecular weight is 434 g/mol. The van der Waals surface area contributed by atoms with Crippen LogP contribution in [0, 0.1) is 12.3 Å². The van der Waals surface area contributed by atoms with Crippen LogP contribution in [-0.4, -0.2) is 16.0 Å². The number of halogens is 1. The summed E-state index contributed by atoms with van der Waals surface area (Å²) in [6.07, 6.45) is 6.98. The summed E-state index contributed by atoms with van der Waals surface area (Å²) in [4.78, 5) is 7.75. The van der Waals surface area contributed by atoms with E-state index in [4.69, 9.17) is 0 Å². The molecule has 0 aliphatic heterocycles. The van der Waals surface area contributed by atoms with Crippen LogP contribution in [0.4, 0.5) is 0 Å². The summed E-state index contributed by atoms with van der Waals surface area (Å²) in [5, 5.41) is 6.51. The summed E-state index contributed by atoms with van der Waals surface area (Å²) in [5.74, 6) is 0. The van der Waals surface area contributed by atoms with Crippen LogP contribution >= 0.6 is 12.4 Å². The van der Waals surface area contributed by atoms with Crippen molar-refractivity contribution in [2.75, 3.05) is 0 Å². The molecule has 5 rings (SSSR count). The fourth-order valence-corrected chi connectivity index (χ4v) is 5.05. The molecule has 1 aromatic heterocycles. The number of hydrogen-bond donors (Lipinski definition) is 2. The highest BCUT2D eigenvalue weighted by Crippen LogP contribution is 2.36. The number of hydrogen-bond acceptors (Lipinski definition) is 2. The molecule has 3 nitrogen and oxygen atoms in total. The van der Waals surface area contributed by atoms with Gasteiger partial charge in [0, 0.05) is 12.6 Å². The number of imidazole rings is 1. The molecule has 0 amide bonds. The van der Waals surface area contributed by atoms with E-state index in [9.17, 15) is 0 Å². The lowest BCUT2D eigenvalue weighted by Crippen LogP contribution is -2.35. The third kappa shape index (κ3) is 4.22. The molecular formula is C27H32ClN3. The summed E-state index contributed by atoms with van der Waals surface area (Å²) in [6.45, 7) is 7.91. The molecule has 1 fully saturated rings. The standard InChI is InChI=1S/C27H31N3.ClH/c1-18-21(10-11-25-26(18)30-17-29-25)24-9-8-19(22-6-4-5-7-23(22)24)16-28-20-12-14-27(2,3)15-13-20;/h4-11,17,20,28H,12-16H2,1-3H3,(H,29,30);1H. The highest BCUT2D eigenvalue weighted by molar-refractivity contribution is 6.01. The van der Waals surface area contributed by atoms with Crippen LogP contribution in [0.1, 0.15) is 50.7 Å². The molecule has 162 valence electrons. The van der Waals surface area contributed by atoms with Crippen molar-refractivity contribution in [3.05, 3.63) is 66.0 Å². The molecule has 0 spiro atoms. The number of aryl methyl sites for hydroxylation is 1. The number of rotatable bonds is 4. The number of H-pyrrole nitrogens is 1. The number of aromatic amines is 1. The second kappa shape index (κ2) is 8.64. The Balaban J connectivity index is 0.00000231. The molecule has 0 radical (unpaired) electrons. The first-order chi connectivity index (χ1) is 14.5. The van der Waals surface area contributed by atoms with E-state index >= 15 is 0 Å². The second-order valence-electron chi connectivity index (χ2n) is 9.67. The summed E-state index contributed by atoms with van der Waals surface area (Å²) in [7, 11) is 0. The topological polar surface area (TPSA) is 40.7 Å². The Morgan fingerprint density at radius 1 is 0.968 bits per heavy atom. The van der Waals surface area contributed by atoms with Gasteiger partial charge in [0.1, 0.15) is 0 Å². The predicted octanol–water partition coefficient (Wildman–Crippen LogP) is 7.17. The van der Waals surface area contributed by atoms with Gasteiger partial charge in [-0.25, -0.2) is 4.98 Å². The lowest BCUT2D eigenvalue weighted by molar-refractivity contribution is 0.206. The molecule has 4 heteroatoms. The van der Waals surface area contributed by atoms with Gasteiger partial charge in [-0.3, -0.25) is 0 Å². The molecule has 31 heavy (non-hydrogen) atoms. The molecule has 0 unspecified atom stereocenters. The van der Waals surface area contributed by atoms with Crippen molar-refractivity contribution in [1.82, 2.24) is 15.3 Å². The summed E-state index contributed by atoms with van der Waals surface area (Å²) < 4.78 is 0. The largest absolute Gasteiger partial charge is 0.345 e. The molecule has 1 aliphatic rings. The van der Waals surface area contributed by atoms with Crippen molar-refractivity contribution >= 4 is 34.2 Å². The SMILES string of the molecule is Cc1c(-c2ccc(CNC3CCC(C)(C)CC3)c3ccccc23)ccc2[nH]cnc12.Cl. The van der Waals surface area contributed by atoms with Crippen molar-refractivity contribution in [3.8, 4) is 11.1 Å². The van der Waals surface area contributed by atoms with Crippen LogP contribution in [0.5, 0.6) is 0 Å². The van der Waals surface area contributed by atoms with Crippen molar-refractivity contribution < 1.29 is 0 Å². The first-order valence-corrected chi connectivity index (χ1v) is 11.2. The van der Waals surface area contributed by atoms with E-state index in [1.165, 1.54) is 58.7 Å². The fraction of sp³-hybridized carbons (Fsp3) is 0.370. The Bertz CT molecular complexity index is 1200. The van der Waals surface area contributed by atoms with Gasteiger partial charge in [0.25, 0.3) is 0 Å². The summed E-state index contributed by atoms with van der Waals surface area (Å²) in [6, 6.07) is 18.4. The second-order valence-corrected chi connectivity index (χ2v) is 9.67. The lowest BCUT2D eigenvalue weighted by Gasteiger charge is -2.34. The normalized spacial score (nSPS) is 16.5.